The summed E-state index contributed by atoms with van der Waals surface area (Å²) in [6.07, 6.45) is 3.92. The monoisotopic (exact) mass is 322 g/mol. The van der Waals surface area contributed by atoms with Crippen LogP contribution in [-0.2, 0) is 4.79 Å². The summed E-state index contributed by atoms with van der Waals surface area (Å²) in [5, 5.41) is 2.61. The molecule has 1 N–H and O–H groups in total. The summed E-state index contributed by atoms with van der Waals surface area (Å²) in [4.78, 5) is 25.2. The van der Waals surface area contributed by atoms with Crippen molar-refractivity contribution in [2.24, 2.45) is 5.92 Å². The lowest BCUT2D eigenvalue weighted by Crippen LogP contribution is -2.29. The molecular weight excluding hydrogens is 308 g/mol. The molecule has 1 aromatic carbocycles. The van der Waals surface area contributed by atoms with Crippen LogP contribution in [0.2, 0.25) is 0 Å². The van der Waals surface area contributed by atoms with E-state index in [0.29, 0.717) is 11.3 Å². The molecule has 4 nitrogen and oxygen atoms in total. The minimum Gasteiger partial charge on any atom is -0.373 e. The van der Waals surface area contributed by atoms with E-state index in [9.17, 15) is 9.59 Å². The number of Topliss-reactive ketones (excluding diaryl/α,β-unsaturated/α-hetero) is 1. The molecule has 1 fully saturated rings. The molecule has 0 radical (unpaired) electrons. The van der Waals surface area contributed by atoms with Gasteiger partial charge in [-0.1, -0.05) is 6.42 Å². The van der Waals surface area contributed by atoms with E-state index >= 15 is 0 Å². The van der Waals surface area contributed by atoms with Gasteiger partial charge in [0.15, 0.2) is 0 Å². The molecule has 1 aromatic rings. The Bertz CT molecular complexity index is 567. The number of anilines is 2. The Balaban J connectivity index is 1.88. The van der Waals surface area contributed by atoms with Crippen molar-refractivity contribution in [1.82, 2.24) is 0 Å². The van der Waals surface area contributed by atoms with E-state index < -0.39 is 11.7 Å². The van der Waals surface area contributed by atoms with Gasteiger partial charge in [0, 0.05) is 18.1 Å². The molecule has 2 aliphatic rings. The summed E-state index contributed by atoms with van der Waals surface area (Å²) in [7, 11) is 2.05. The molecular formula is C14H15BrN2O2. The Kier molecular flexibility index (Phi) is 3.09. The largest absolute Gasteiger partial charge is 0.373 e. The second-order valence-electron chi connectivity index (χ2n) is 5.31. The molecule has 1 amide bonds. The molecule has 1 aliphatic heterocycles. The van der Waals surface area contributed by atoms with Crippen LogP contribution in [0.1, 0.15) is 29.6 Å². The highest BCUT2D eigenvalue weighted by Crippen LogP contribution is 2.36. The summed E-state index contributed by atoms with van der Waals surface area (Å²) in [5.41, 5.74) is 2.09. The van der Waals surface area contributed by atoms with Crippen LogP contribution in [-0.4, -0.2) is 25.3 Å². The van der Waals surface area contributed by atoms with Crippen molar-refractivity contribution in [3.63, 3.8) is 0 Å². The Morgan fingerprint density at radius 3 is 2.74 bits per heavy atom. The number of rotatable bonds is 3. The third kappa shape index (κ3) is 2.16. The van der Waals surface area contributed by atoms with E-state index in [4.69, 9.17) is 0 Å². The first-order chi connectivity index (χ1) is 9.06. The fourth-order valence-electron chi connectivity index (χ4n) is 2.61. The van der Waals surface area contributed by atoms with Gasteiger partial charge in [-0.05, 0) is 46.8 Å². The van der Waals surface area contributed by atoms with E-state index in [1.165, 1.54) is 19.3 Å². The highest BCUT2D eigenvalue weighted by atomic mass is 79.9. The topological polar surface area (TPSA) is 49.4 Å². The molecule has 19 heavy (non-hydrogen) atoms. The highest BCUT2D eigenvalue weighted by Gasteiger charge is 2.30. The predicted molar refractivity (Wildman–Crippen MR) is 77.7 cm³/mol. The van der Waals surface area contributed by atoms with Gasteiger partial charge in [0.25, 0.3) is 11.7 Å². The molecule has 1 heterocycles. The Morgan fingerprint density at radius 1 is 1.37 bits per heavy atom. The normalized spacial score (nSPS) is 18.0. The zero-order chi connectivity index (χ0) is 13.6. The first kappa shape index (κ1) is 12.7. The van der Waals surface area contributed by atoms with Crippen LogP contribution in [0, 0.1) is 5.92 Å². The Labute approximate surface area is 120 Å². The quantitative estimate of drug-likeness (QED) is 0.870. The van der Waals surface area contributed by atoms with Crippen LogP contribution in [0.4, 0.5) is 11.4 Å². The maximum atomic E-state index is 11.6. The molecule has 0 saturated heterocycles. The summed E-state index contributed by atoms with van der Waals surface area (Å²) < 4.78 is 0.859. The lowest BCUT2D eigenvalue weighted by Gasteiger charge is -2.32. The van der Waals surface area contributed by atoms with Gasteiger partial charge < -0.3 is 10.2 Å². The van der Waals surface area contributed by atoms with Gasteiger partial charge >= 0.3 is 0 Å². The summed E-state index contributed by atoms with van der Waals surface area (Å²) in [5.74, 6) is -0.231. The van der Waals surface area contributed by atoms with Crippen LogP contribution in [0.15, 0.2) is 16.6 Å². The molecule has 3 rings (SSSR count). The number of nitrogens with zero attached hydrogens (tertiary/aromatic N) is 1. The minimum absolute atomic E-state index is 0.455. The van der Waals surface area contributed by atoms with Gasteiger partial charge in [0.2, 0.25) is 0 Å². The lowest BCUT2D eigenvalue weighted by atomic mass is 9.85. The molecule has 0 unspecified atom stereocenters. The minimum atomic E-state index is -0.541. The molecule has 1 aliphatic carbocycles. The van der Waals surface area contributed by atoms with Crippen LogP contribution < -0.4 is 10.2 Å². The van der Waals surface area contributed by atoms with Crippen molar-refractivity contribution >= 4 is 39.0 Å². The van der Waals surface area contributed by atoms with Gasteiger partial charge in [-0.2, -0.15) is 0 Å². The van der Waals surface area contributed by atoms with Crippen molar-refractivity contribution in [3.05, 3.63) is 22.2 Å². The predicted octanol–water partition coefficient (Wildman–Crippen LogP) is 2.82. The standard InChI is InChI=1S/C14H15BrN2O2/c1-17(7-8-3-2-4-8)12-6-11-9(5-10(12)15)13(18)14(19)16-11/h5-6,8H,2-4,7H2,1H3,(H,16,18,19). The van der Waals surface area contributed by atoms with E-state index in [2.05, 4.69) is 26.1 Å². The SMILES string of the molecule is CN(CC1CCC1)c1cc2c(cc1Br)C(=O)C(=O)N2. The molecule has 100 valence electrons. The number of halogens is 1. The van der Waals surface area contributed by atoms with Crippen LogP contribution in [0.25, 0.3) is 0 Å². The molecule has 0 aromatic heterocycles. The van der Waals surface area contributed by atoms with Gasteiger partial charge in [-0.25, -0.2) is 0 Å². The van der Waals surface area contributed by atoms with E-state index in [-0.39, 0.29) is 0 Å². The summed E-state index contributed by atoms with van der Waals surface area (Å²) in [6, 6.07) is 3.61. The van der Waals surface area contributed by atoms with Crippen LogP contribution in [0.3, 0.4) is 0 Å². The fourth-order valence-corrected chi connectivity index (χ4v) is 3.25. The number of amides is 1. The van der Waals surface area contributed by atoms with E-state index in [1.54, 1.807) is 6.07 Å². The second-order valence-corrected chi connectivity index (χ2v) is 6.16. The maximum absolute atomic E-state index is 11.6. The van der Waals surface area contributed by atoms with Crippen molar-refractivity contribution in [1.29, 1.82) is 0 Å². The average Bonchev–Trinajstić information content (AvgIpc) is 2.59. The lowest BCUT2D eigenvalue weighted by molar-refractivity contribution is -0.112. The third-order valence-electron chi connectivity index (χ3n) is 3.95. The van der Waals surface area contributed by atoms with Gasteiger partial charge in [-0.15, -0.1) is 0 Å². The summed E-state index contributed by atoms with van der Waals surface area (Å²) in [6.45, 7) is 1.01. The molecule has 0 spiro atoms. The molecule has 5 heteroatoms. The number of ketones is 1. The Morgan fingerprint density at radius 2 is 2.11 bits per heavy atom. The number of fused-ring (bicyclic) bond motifs is 1. The zero-order valence-electron chi connectivity index (χ0n) is 10.7. The fraction of sp³-hybridized carbons (Fsp3) is 0.429. The maximum Gasteiger partial charge on any atom is 0.296 e. The van der Waals surface area contributed by atoms with Gasteiger partial charge in [0.1, 0.15) is 0 Å². The van der Waals surface area contributed by atoms with Crippen LogP contribution >= 0.6 is 15.9 Å². The number of hydrogen-bond donors (Lipinski definition) is 1. The number of benzene rings is 1. The number of hydrogen-bond acceptors (Lipinski definition) is 3. The van der Waals surface area contributed by atoms with Crippen molar-refractivity contribution in [2.75, 3.05) is 23.8 Å². The van der Waals surface area contributed by atoms with Crippen LogP contribution in [0.5, 0.6) is 0 Å². The second kappa shape index (κ2) is 4.63. The highest BCUT2D eigenvalue weighted by molar-refractivity contribution is 9.10. The third-order valence-corrected chi connectivity index (χ3v) is 4.59. The first-order valence-electron chi connectivity index (χ1n) is 6.46. The van der Waals surface area contributed by atoms with E-state index in [0.717, 1.165) is 22.6 Å². The van der Waals surface area contributed by atoms with Gasteiger partial charge in [-0.3, -0.25) is 9.59 Å². The Hall–Kier alpha value is -1.36. The number of carbonyl (C=O) groups excluding carboxylic acids is 2. The van der Waals surface area contributed by atoms with Crippen molar-refractivity contribution < 1.29 is 9.59 Å². The van der Waals surface area contributed by atoms with E-state index in [1.807, 2.05) is 13.1 Å². The molecule has 1 saturated carbocycles. The van der Waals surface area contributed by atoms with Gasteiger partial charge in [0.05, 0.1) is 16.9 Å². The van der Waals surface area contributed by atoms with Crippen molar-refractivity contribution in [2.45, 2.75) is 19.3 Å². The van der Waals surface area contributed by atoms with Crippen molar-refractivity contribution in [3.8, 4) is 0 Å². The smallest absolute Gasteiger partial charge is 0.296 e. The molecule has 0 atom stereocenters. The summed E-state index contributed by atoms with van der Waals surface area (Å²) >= 11 is 3.49. The molecule has 0 bridgehead atoms. The first-order valence-corrected chi connectivity index (χ1v) is 7.26. The number of nitrogens with one attached hydrogen (secondary N) is 1. The zero-order valence-corrected chi connectivity index (χ0v) is 12.3. The number of carbonyl (C=O) groups is 2. The average molecular weight is 323 g/mol.